The first-order valence-corrected chi connectivity index (χ1v) is 7.77. The first kappa shape index (κ1) is 15.9. The van der Waals surface area contributed by atoms with Crippen LogP contribution in [-0.2, 0) is 9.59 Å². The van der Waals surface area contributed by atoms with E-state index in [4.69, 9.17) is 5.73 Å². The van der Waals surface area contributed by atoms with Gasteiger partial charge in [0.15, 0.2) is 0 Å². The number of fused-ring (bicyclic) bond motifs is 1. The van der Waals surface area contributed by atoms with Crippen LogP contribution in [0.5, 0.6) is 0 Å². The molecule has 4 N–H and O–H groups in total. The predicted octanol–water partition coefficient (Wildman–Crippen LogP) is 2.43. The second kappa shape index (κ2) is 5.35. The highest BCUT2D eigenvalue weighted by Crippen LogP contribution is 2.34. The number of carbonyl (C=O) groups excluding carboxylic acids is 2. The van der Waals surface area contributed by atoms with Crippen LogP contribution >= 0.6 is 11.8 Å². The van der Waals surface area contributed by atoms with Gasteiger partial charge in [0.05, 0.1) is 16.9 Å². The zero-order chi connectivity index (χ0) is 15.8. The molecule has 0 saturated carbocycles. The SMILES string of the molecule is CC(C)(N)C(C)(C)C(=O)Nc1ccc2c(c1)NC(=O)CS2. The van der Waals surface area contributed by atoms with Gasteiger partial charge in [0.2, 0.25) is 11.8 Å². The minimum atomic E-state index is -0.721. The number of amides is 2. The topological polar surface area (TPSA) is 84.2 Å². The molecule has 0 saturated heterocycles. The smallest absolute Gasteiger partial charge is 0.234 e. The van der Waals surface area contributed by atoms with Gasteiger partial charge in [-0.05, 0) is 45.9 Å². The highest BCUT2D eigenvalue weighted by atomic mass is 32.2. The van der Waals surface area contributed by atoms with Gasteiger partial charge in [-0.15, -0.1) is 11.8 Å². The maximum absolute atomic E-state index is 12.4. The Balaban J connectivity index is 2.19. The minimum Gasteiger partial charge on any atom is -0.325 e. The highest BCUT2D eigenvalue weighted by molar-refractivity contribution is 8.00. The van der Waals surface area contributed by atoms with Crippen LogP contribution in [0, 0.1) is 5.41 Å². The van der Waals surface area contributed by atoms with Crippen LogP contribution in [0.1, 0.15) is 27.7 Å². The summed E-state index contributed by atoms with van der Waals surface area (Å²) in [5.74, 6) is 0.247. The van der Waals surface area contributed by atoms with Gasteiger partial charge >= 0.3 is 0 Å². The zero-order valence-corrected chi connectivity index (χ0v) is 13.6. The third kappa shape index (κ3) is 3.22. The molecule has 114 valence electrons. The molecule has 0 fully saturated rings. The Hall–Kier alpha value is -1.53. The summed E-state index contributed by atoms with van der Waals surface area (Å²) in [6.45, 7) is 7.29. The van der Waals surface area contributed by atoms with Crippen molar-refractivity contribution in [3.8, 4) is 0 Å². The van der Waals surface area contributed by atoms with E-state index in [0.29, 0.717) is 11.4 Å². The molecule has 0 spiro atoms. The van der Waals surface area contributed by atoms with Crippen molar-refractivity contribution in [3.05, 3.63) is 18.2 Å². The molecule has 1 aliphatic heterocycles. The molecule has 0 atom stereocenters. The van der Waals surface area contributed by atoms with E-state index in [1.54, 1.807) is 6.07 Å². The van der Waals surface area contributed by atoms with Crippen molar-refractivity contribution in [3.63, 3.8) is 0 Å². The van der Waals surface area contributed by atoms with E-state index in [2.05, 4.69) is 10.6 Å². The van der Waals surface area contributed by atoms with Crippen molar-refractivity contribution in [1.82, 2.24) is 0 Å². The summed E-state index contributed by atoms with van der Waals surface area (Å²) in [5, 5.41) is 5.68. The standard InChI is InChI=1S/C15H21N3O2S/c1-14(2,15(3,4)16)13(20)17-9-5-6-11-10(7-9)18-12(19)8-21-11/h5-7H,8,16H2,1-4H3,(H,17,20)(H,18,19). The van der Waals surface area contributed by atoms with Crippen molar-refractivity contribution in [2.75, 3.05) is 16.4 Å². The number of anilines is 2. The van der Waals surface area contributed by atoms with Crippen LogP contribution in [0.2, 0.25) is 0 Å². The number of rotatable bonds is 3. The van der Waals surface area contributed by atoms with E-state index in [-0.39, 0.29) is 11.8 Å². The molecular weight excluding hydrogens is 286 g/mol. The number of benzene rings is 1. The van der Waals surface area contributed by atoms with Gasteiger partial charge < -0.3 is 16.4 Å². The van der Waals surface area contributed by atoms with Gasteiger partial charge in [0, 0.05) is 16.1 Å². The van der Waals surface area contributed by atoms with Gasteiger partial charge in [-0.3, -0.25) is 9.59 Å². The third-order valence-electron chi connectivity index (χ3n) is 4.05. The lowest BCUT2D eigenvalue weighted by molar-refractivity contribution is -0.126. The molecule has 2 amide bonds. The Morgan fingerprint density at radius 2 is 2.00 bits per heavy atom. The molecule has 1 heterocycles. The van der Waals surface area contributed by atoms with Gasteiger partial charge in [-0.25, -0.2) is 0 Å². The molecule has 6 heteroatoms. The Bertz CT molecular complexity index is 591. The average Bonchev–Trinajstić information content (AvgIpc) is 2.36. The lowest BCUT2D eigenvalue weighted by atomic mass is 9.74. The first-order chi connectivity index (χ1) is 9.61. The lowest BCUT2D eigenvalue weighted by Crippen LogP contribution is -2.53. The van der Waals surface area contributed by atoms with Crippen molar-refractivity contribution in [2.24, 2.45) is 11.1 Å². The van der Waals surface area contributed by atoms with E-state index in [0.717, 1.165) is 10.6 Å². The molecule has 1 aromatic rings. The Morgan fingerprint density at radius 1 is 1.33 bits per heavy atom. The molecule has 1 aliphatic rings. The van der Waals surface area contributed by atoms with Crippen LogP contribution < -0.4 is 16.4 Å². The van der Waals surface area contributed by atoms with E-state index in [9.17, 15) is 9.59 Å². The predicted molar refractivity (Wildman–Crippen MR) is 86.5 cm³/mol. The van der Waals surface area contributed by atoms with Gasteiger partial charge in [-0.2, -0.15) is 0 Å². The Morgan fingerprint density at radius 3 is 2.62 bits per heavy atom. The Labute approximate surface area is 129 Å². The fourth-order valence-corrected chi connectivity index (χ4v) is 2.53. The summed E-state index contributed by atoms with van der Waals surface area (Å²) in [4.78, 5) is 24.8. The van der Waals surface area contributed by atoms with E-state index in [1.165, 1.54) is 11.8 Å². The summed E-state index contributed by atoms with van der Waals surface area (Å²) in [7, 11) is 0. The molecular formula is C15H21N3O2S. The normalized spacial score (nSPS) is 15.2. The van der Waals surface area contributed by atoms with Crippen LogP contribution in [0.15, 0.2) is 23.1 Å². The molecule has 5 nitrogen and oxygen atoms in total. The maximum atomic E-state index is 12.4. The van der Waals surface area contributed by atoms with Crippen LogP contribution in [0.3, 0.4) is 0 Å². The van der Waals surface area contributed by atoms with Crippen LogP contribution in [-0.4, -0.2) is 23.1 Å². The monoisotopic (exact) mass is 307 g/mol. The average molecular weight is 307 g/mol. The molecule has 2 rings (SSSR count). The second-order valence-corrected chi connectivity index (χ2v) is 7.37. The number of hydrogen-bond donors (Lipinski definition) is 3. The molecule has 0 bridgehead atoms. The van der Waals surface area contributed by atoms with Crippen LogP contribution in [0.4, 0.5) is 11.4 Å². The van der Waals surface area contributed by atoms with Gasteiger partial charge in [0.25, 0.3) is 0 Å². The van der Waals surface area contributed by atoms with E-state index < -0.39 is 11.0 Å². The van der Waals surface area contributed by atoms with Crippen molar-refractivity contribution >= 4 is 35.0 Å². The van der Waals surface area contributed by atoms with E-state index in [1.807, 2.05) is 39.8 Å². The number of thioether (sulfide) groups is 1. The number of nitrogens with one attached hydrogen (secondary N) is 2. The molecule has 0 unspecified atom stereocenters. The summed E-state index contributed by atoms with van der Waals surface area (Å²) in [5.41, 5.74) is 6.10. The van der Waals surface area contributed by atoms with Crippen molar-refractivity contribution < 1.29 is 9.59 Å². The molecule has 0 radical (unpaired) electrons. The van der Waals surface area contributed by atoms with Gasteiger partial charge in [-0.1, -0.05) is 0 Å². The fourth-order valence-electron chi connectivity index (χ4n) is 1.74. The van der Waals surface area contributed by atoms with E-state index >= 15 is 0 Å². The fraction of sp³-hybridized carbons (Fsp3) is 0.467. The zero-order valence-electron chi connectivity index (χ0n) is 12.7. The quantitative estimate of drug-likeness (QED) is 0.801. The number of hydrogen-bond acceptors (Lipinski definition) is 4. The highest BCUT2D eigenvalue weighted by Gasteiger charge is 2.40. The van der Waals surface area contributed by atoms with Crippen LogP contribution in [0.25, 0.3) is 0 Å². The van der Waals surface area contributed by atoms with Crippen molar-refractivity contribution in [2.45, 2.75) is 38.1 Å². The third-order valence-corrected chi connectivity index (χ3v) is 5.12. The summed E-state index contributed by atoms with van der Waals surface area (Å²) >= 11 is 1.49. The number of nitrogens with two attached hydrogens (primary N) is 1. The first-order valence-electron chi connectivity index (χ1n) is 6.78. The molecule has 0 aliphatic carbocycles. The maximum Gasteiger partial charge on any atom is 0.234 e. The minimum absolute atomic E-state index is 0.0283. The summed E-state index contributed by atoms with van der Waals surface area (Å²) < 4.78 is 0. The molecule has 1 aromatic carbocycles. The van der Waals surface area contributed by atoms with Crippen molar-refractivity contribution in [1.29, 1.82) is 0 Å². The summed E-state index contributed by atoms with van der Waals surface area (Å²) in [6.07, 6.45) is 0. The largest absolute Gasteiger partial charge is 0.325 e. The Kier molecular flexibility index (Phi) is 4.04. The second-order valence-electron chi connectivity index (χ2n) is 6.35. The molecule has 0 aromatic heterocycles. The lowest BCUT2D eigenvalue weighted by Gasteiger charge is -2.36. The van der Waals surface area contributed by atoms with Gasteiger partial charge in [0.1, 0.15) is 0 Å². The molecule has 21 heavy (non-hydrogen) atoms. The summed E-state index contributed by atoms with van der Waals surface area (Å²) in [6, 6.07) is 5.51. The number of carbonyl (C=O) groups is 2.